The molecule has 220 valence electrons. The van der Waals surface area contributed by atoms with Gasteiger partial charge in [0.1, 0.15) is 0 Å². The van der Waals surface area contributed by atoms with Crippen molar-refractivity contribution >= 4 is 14.3 Å². The average molecular weight is 559 g/mol. The largest absolute Gasteiger partial charge is 0.481 e. The molecular weight excluding hydrogens is 504 g/mol. The third-order valence-electron chi connectivity index (χ3n) is 10.1. The van der Waals surface area contributed by atoms with Gasteiger partial charge in [0.15, 0.2) is 8.32 Å². The number of imidazole rings is 1. The zero-order chi connectivity index (χ0) is 28.0. The number of allylic oxidation sites excluding steroid dienone is 2. The molecule has 2 bridgehead atoms. The summed E-state index contributed by atoms with van der Waals surface area (Å²) in [4.78, 5) is 15.7. The number of carboxylic acid groups (broad SMARTS) is 1. The third kappa shape index (κ3) is 8.29. The van der Waals surface area contributed by atoms with Crippen molar-refractivity contribution in [2.75, 3.05) is 0 Å². The number of hydrogen-bond acceptors (Lipinski definition) is 4. The molecule has 7 heteroatoms. The van der Waals surface area contributed by atoms with Gasteiger partial charge in [0.2, 0.25) is 0 Å². The number of ether oxygens (including phenoxy) is 1. The molecule has 3 aliphatic rings. The number of hydrogen-bond donors (Lipinski definition) is 1. The first kappa shape index (κ1) is 30.5. The molecule has 1 N–H and O–H groups in total. The Morgan fingerprint density at radius 3 is 2.56 bits per heavy atom. The van der Waals surface area contributed by atoms with Crippen molar-refractivity contribution in [3.8, 4) is 0 Å². The summed E-state index contributed by atoms with van der Waals surface area (Å²) in [6.07, 6.45) is 23.9. The van der Waals surface area contributed by atoms with Crippen molar-refractivity contribution in [2.24, 2.45) is 17.8 Å². The molecule has 2 aliphatic heterocycles. The van der Waals surface area contributed by atoms with Gasteiger partial charge in [-0.05, 0) is 62.1 Å². The highest BCUT2D eigenvalue weighted by molar-refractivity contribution is 6.74. The van der Waals surface area contributed by atoms with Crippen LogP contribution in [0.5, 0.6) is 0 Å². The molecule has 2 saturated heterocycles. The second kappa shape index (κ2) is 13.5. The highest BCUT2D eigenvalue weighted by atomic mass is 28.4. The summed E-state index contributed by atoms with van der Waals surface area (Å²) in [5.74, 6) is 1.13. The number of carbonyl (C=O) groups is 1. The fourth-order valence-electron chi connectivity index (χ4n) is 6.78. The summed E-state index contributed by atoms with van der Waals surface area (Å²) < 4.78 is 15.7. The van der Waals surface area contributed by atoms with Gasteiger partial charge >= 0.3 is 5.97 Å². The van der Waals surface area contributed by atoms with Gasteiger partial charge in [0.25, 0.3) is 0 Å². The Kier molecular flexibility index (Phi) is 10.5. The zero-order valence-corrected chi connectivity index (χ0v) is 26.2. The van der Waals surface area contributed by atoms with Gasteiger partial charge in [-0.15, -0.1) is 0 Å². The molecule has 1 unspecified atom stereocenters. The van der Waals surface area contributed by atoms with Crippen LogP contribution in [0, 0.1) is 17.8 Å². The lowest BCUT2D eigenvalue weighted by Crippen LogP contribution is -2.42. The molecule has 0 amide bonds. The Balaban J connectivity index is 1.40. The van der Waals surface area contributed by atoms with Crippen LogP contribution in [0.3, 0.4) is 0 Å². The molecule has 1 aromatic heterocycles. The summed E-state index contributed by atoms with van der Waals surface area (Å²) >= 11 is 0. The lowest BCUT2D eigenvalue weighted by molar-refractivity contribution is -0.136. The topological polar surface area (TPSA) is 73.6 Å². The summed E-state index contributed by atoms with van der Waals surface area (Å²) in [6.45, 7) is 12.6. The van der Waals surface area contributed by atoms with Gasteiger partial charge in [-0.2, -0.15) is 0 Å². The van der Waals surface area contributed by atoms with E-state index in [1.165, 1.54) is 44.9 Å². The predicted octanol–water partition coefficient (Wildman–Crippen LogP) is 8.30. The first-order valence-corrected chi connectivity index (χ1v) is 18.7. The molecule has 1 aliphatic carbocycles. The standard InChI is InChI=1S/C32H54N2O4Si/c1-32(2,3)39(4,5)38-30(17-12-15-24-13-8-6-9-14-24)27-22-34(23-33-27)21-26-25(28-19-20-29(26)37-28)16-10-7-11-18-31(35)36/h7,10,22-26,28-30H,6,8-9,11-21H2,1-5H3,(H,35,36)/b10-7-/t25-,26+,28+,29-,30?/m0/s1. The fourth-order valence-corrected chi connectivity index (χ4v) is 8.09. The maximum atomic E-state index is 10.8. The van der Waals surface area contributed by atoms with E-state index in [2.05, 4.69) is 50.7 Å². The van der Waals surface area contributed by atoms with E-state index in [0.717, 1.165) is 43.8 Å². The minimum Gasteiger partial charge on any atom is -0.481 e. The number of fused-ring (bicyclic) bond motifs is 2. The molecule has 0 spiro atoms. The second-order valence-electron chi connectivity index (χ2n) is 14.1. The first-order valence-electron chi connectivity index (χ1n) is 15.8. The molecule has 3 fully saturated rings. The number of nitrogens with zero attached hydrogens (tertiary/aromatic N) is 2. The minimum atomic E-state index is -1.93. The van der Waals surface area contributed by atoms with Gasteiger partial charge < -0.3 is 18.8 Å². The monoisotopic (exact) mass is 558 g/mol. The number of aliphatic carboxylic acids is 1. The molecule has 0 aromatic carbocycles. The van der Waals surface area contributed by atoms with Crippen LogP contribution in [0.15, 0.2) is 24.7 Å². The Bertz CT molecular complexity index is 946. The van der Waals surface area contributed by atoms with Crippen LogP contribution in [-0.2, 0) is 20.5 Å². The van der Waals surface area contributed by atoms with Crippen LogP contribution in [-0.4, -0.2) is 41.2 Å². The quantitative estimate of drug-likeness (QED) is 0.184. The first-order chi connectivity index (χ1) is 18.5. The van der Waals surface area contributed by atoms with E-state index in [9.17, 15) is 4.79 Å². The molecular formula is C32H54N2O4Si. The lowest BCUT2D eigenvalue weighted by Gasteiger charge is -2.39. The predicted molar refractivity (Wildman–Crippen MR) is 159 cm³/mol. The Labute approximate surface area is 238 Å². The van der Waals surface area contributed by atoms with E-state index in [0.29, 0.717) is 30.5 Å². The van der Waals surface area contributed by atoms with Crippen molar-refractivity contribution in [3.05, 3.63) is 30.4 Å². The Hall–Kier alpha value is -1.44. The van der Waals surface area contributed by atoms with E-state index in [1.54, 1.807) is 0 Å². The maximum absolute atomic E-state index is 10.8. The average Bonchev–Trinajstić information content (AvgIpc) is 3.61. The minimum absolute atomic E-state index is 0.0694. The van der Waals surface area contributed by atoms with E-state index < -0.39 is 14.3 Å². The smallest absolute Gasteiger partial charge is 0.303 e. The van der Waals surface area contributed by atoms with Crippen molar-refractivity contribution in [3.63, 3.8) is 0 Å². The molecule has 1 aromatic rings. The number of aromatic nitrogens is 2. The van der Waals surface area contributed by atoms with Gasteiger partial charge in [-0.3, -0.25) is 4.79 Å². The fraction of sp³-hybridized carbons (Fsp3) is 0.812. The van der Waals surface area contributed by atoms with Gasteiger partial charge in [0.05, 0.1) is 30.3 Å². The zero-order valence-electron chi connectivity index (χ0n) is 25.2. The van der Waals surface area contributed by atoms with Crippen LogP contribution in [0.25, 0.3) is 0 Å². The Morgan fingerprint density at radius 2 is 1.87 bits per heavy atom. The summed E-state index contributed by atoms with van der Waals surface area (Å²) in [5.41, 5.74) is 1.10. The normalized spacial score (nSPS) is 27.0. The lowest BCUT2D eigenvalue weighted by atomic mass is 9.77. The van der Waals surface area contributed by atoms with Gasteiger partial charge in [0, 0.05) is 25.1 Å². The maximum Gasteiger partial charge on any atom is 0.303 e. The van der Waals surface area contributed by atoms with E-state index in [-0.39, 0.29) is 17.6 Å². The SMILES string of the molecule is CC(C)(C)[Si](C)(C)OC(CCCC1CCCCC1)c1cn(C[C@@H]2[C@H](C/C=C\CCC(=O)O)[C@H]3CC[C@@H]2O3)cn1. The van der Waals surface area contributed by atoms with Gasteiger partial charge in [-0.1, -0.05) is 77.9 Å². The molecule has 3 heterocycles. The van der Waals surface area contributed by atoms with Crippen molar-refractivity contribution in [1.82, 2.24) is 9.55 Å². The highest BCUT2D eigenvalue weighted by Gasteiger charge is 2.48. The Morgan fingerprint density at radius 1 is 1.15 bits per heavy atom. The number of carboxylic acids is 1. The van der Waals surface area contributed by atoms with Crippen LogP contribution in [0.2, 0.25) is 18.1 Å². The van der Waals surface area contributed by atoms with E-state index >= 15 is 0 Å². The second-order valence-corrected chi connectivity index (χ2v) is 18.8. The summed E-state index contributed by atoms with van der Waals surface area (Å²) in [7, 11) is -1.93. The number of rotatable bonds is 14. The van der Waals surface area contributed by atoms with Crippen molar-refractivity contribution < 1.29 is 19.1 Å². The molecule has 0 radical (unpaired) electrons. The molecule has 6 nitrogen and oxygen atoms in total. The summed E-state index contributed by atoms with van der Waals surface area (Å²) in [6, 6.07) is 0. The van der Waals surface area contributed by atoms with Crippen molar-refractivity contribution in [2.45, 2.75) is 147 Å². The molecule has 5 atom stereocenters. The molecule has 39 heavy (non-hydrogen) atoms. The van der Waals surface area contributed by atoms with E-state index in [4.69, 9.17) is 19.3 Å². The molecule has 1 saturated carbocycles. The highest BCUT2D eigenvalue weighted by Crippen LogP contribution is 2.46. The van der Waals surface area contributed by atoms with Crippen LogP contribution >= 0.6 is 0 Å². The van der Waals surface area contributed by atoms with Crippen LogP contribution < -0.4 is 0 Å². The van der Waals surface area contributed by atoms with Crippen LogP contribution in [0.1, 0.15) is 116 Å². The third-order valence-corrected chi connectivity index (χ3v) is 14.6. The van der Waals surface area contributed by atoms with Crippen molar-refractivity contribution in [1.29, 1.82) is 0 Å². The van der Waals surface area contributed by atoms with Gasteiger partial charge in [-0.25, -0.2) is 4.98 Å². The summed E-state index contributed by atoms with van der Waals surface area (Å²) in [5, 5.41) is 9.07. The van der Waals surface area contributed by atoms with E-state index in [1.807, 2.05) is 12.4 Å². The van der Waals surface area contributed by atoms with Crippen LogP contribution in [0.4, 0.5) is 0 Å². The molecule has 4 rings (SSSR count).